The predicted molar refractivity (Wildman–Crippen MR) is 107 cm³/mol. The highest BCUT2D eigenvalue weighted by atomic mass is 127. The van der Waals surface area contributed by atoms with Crippen LogP contribution in [0.2, 0.25) is 0 Å². The van der Waals surface area contributed by atoms with Gasteiger partial charge in [-0.15, -0.1) is 24.0 Å². The minimum absolute atomic E-state index is 0. The Morgan fingerprint density at radius 3 is 2.67 bits per heavy atom. The van der Waals surface area contributed by atoms with Gasteiger partial charge in [-0.25, -0.2) is 0 Å². The van der Waals surface area contributed by atoms with Crippen LogP contribution in [0.15, 0.2) is 41.7 Å². The zero-order chi connectivity index (χ0) is 16.5. The minimum Gasteiger partial charge on any atom is -0.493 e. The van der Waals surface area contributed by atoms with Crippen LogP contribution in [-0.4, -0.2) is 43.0 Å². The van der Waals surface area contributed by atoms with Gasteiger partial charge in [-0.2, -0.15) is 5.10 Å². The third kappa shape index (κ3) is 5.91. The van der Waals surface area contributed by atoms with Gasteiger partial charge in [0, 0.05) is 30.7 Å². The lowest BCUT2D eigenvalue weighted by molar-refractivity contribution is 0.355. The maximum absolute atomic E-state index is 5.31. The quantitative estimate of drug-likeness (QED) is 0.390. The number of anilines is 1. The van der Waals surface area contributed by atoms with Crippen LogP contribution in [0.3, 0.4) is 0 Å². The summed E-state index contributed by atoms with van der Waals surface area (Å²) in [7, 11) is 3.23. The SMILES string of the molecule is CCNC(=NCCn1cccn1)Nc1ccc(OC)c(OC)c1.I. The molecule has 0 fully saturated rings. The van der Waals surface area contributed by atoms with Crippen LogP contribution in [0.4, 0.5) is 5.69 Å². The standard InChI is InChI=1S/C16H23N5O2.HI/c1-4-17-16(18-9-11-21-10-5-8-19-21)20-13-6-7-14(22-2)15(12-13)23-3;/h5-8,10,12H,4,9,11H2,1-3H3,(H2,17,18,20);1H. The lowest BCUT2D eigenvalue weighted by atomic mass is 10.3. The van der Waals surface area contributed by atoms with E-state index in [2.05, 4.69) is 20.7 Å². The van der Waals surface area contributed by atoms with Crippen LogP contribution in [-0.2, 0) is 6.54 Å². The van der Waals surface area contributed by atoms with Gasteiger partial charge >= 0.3 is 0 Å². The number of nitrogens with one attached hydrogen (secondary N) is 2. The summed E-state index contributed by atoms with van der Waals surface area (Å²) in [5.41, 5.74) is 0.876. The fraction of sp³-hybridized carbons (Fsp3) is 0.375. The highest BCUT2D eigenvalue weighted by molar-refractivity contribution is 14.0. The van der Waals surface area contributed by atoms with Crippen LogP contribution >= 0.6 is 24.0 Å². The molecule has 7 nitrogen and oxygen atoms in total. The second-order valence-electron chi connectivity index (χ2n) is 4.72. The number of benzene rings is 1. The molecular weight excluding hydrogens is 421 g/mol. The lowest BCUT2D eigenvalue weighted by Gasteiger charge is -2.13. The van der Waals surface area contributed by atoms with E-state index < -0.39 is 0 Å². The summed E-state index contributed by atoms with van der Waals surface area (Å²) in [4.78, 5) is 4.54. The van der Waals surface area contributed by atoms with E-state index in [-0.39, 0.29) is 24.0 Å². The van der Waals surface area contributed by atoms with Gasteiger partial charge in [-0.1, -0.05) is 0 Å². The largest absolute Gasteiger partial charge is 0.493 e. The molecule has 2 aromatic rings. The maximum Gasteiger partial charge on any atom is 0.195 e. The van der Waals surface area contributed by atoms with Crippen LogP contribution in [0, 0.1) is 0 Å². The highest BCUT2D eigenvalue weighted by Crippen LogP contribution is 2.29. The molecule has 0 aliphatic carbocycles. The van der Waals surface area contributed by atoms with Gasteiger partial charge in [0.25, 0.3) is 0 Å². The highest BCUT2D eigenvalue weighted by Gasteiger charge is 2.06. The summed E-state index contributed by atoms with van der Waals surface area (Å²) < 4.78 is 12.4. The van der Waals surface area contributed by atoms with Gasteiger partial charge in [0.05, 0.1) is 27.3 Å². The van der Waals surface area contributed by atoms with Crippen molar-refractivity contribution in [1.82, 2.24) is 15.1 Å². The molecule has 1 aromatic carbocycles. The summed E-state index contributed by atoms with van der Waals surface area (Å²) in [5, 5.41) is 10.6. The average Bonchev–Trinajstić information content (AvgIpc) is 3.08. The van der Waals surface area contributed by atoms with Crippen molar-refractivity contribution in [2.75, 3.05) is 32.6 Å². The van der Waals surface area contributed by atoms with Crippen molar-refractivity contribution in [2.24, 2.45) is 4.99 Å². The first-order valence-corrected chi connectivity index (χ1v) is 7.51. The Hall–Kier alpha value is -1.97. The monoisotopic (exact) mass is 445 g/mol. The molecule has 0 amide bonds. The molecule has 0 aliphatic rings. The number of hydrogen-bond acceptors (Lipinski definition) is 4. The van der Waals surface area contributed by atoms with Gasteiger partial charge in [-0.05, 0) is 25.1 Å². The summed E-state index contributed by atoms with van der Waals surface area (Å²) in [6, 6.07) is 7.55. The number of aliphatic imine (C=N–C) groups is 1. The Morgan fingerprint density at radius 2 is 2.04 bits per heavy atom. The van der Waals surface area contributed by atoms with E-state index in [1.165, 1.54) is 0 Å². The number of methoxy groups -OCH3 is 2. The van der Waals surface area contributed by atoms with Crippen molar-refractivity contribution in [2.45, 2.75) is 13.5 Å². The molecule has 0 unspecified atom stereocenters. The molecular formula is C16H24IN5O2. The zero-order valence-electron chi connectivity index (χ0n) is 14.2. The maximum atomic E-state index is 5.31. The molecule has 24 heavy (non-hydrogen) atoms. The van der Waals surface area contributed by atoms with Crippen LogP contribution in [0.25, 0.3) is 0 Å². The van der Waals surface area contributed by atoms with E-state index in [4.69, 9.17) is 9.47 Å². The number of halogens is 1. The second-order valence-corrected chi connectivity index (χ2v) is 4.72. The summed E-state index contributed by atoms with van der Waals surface area (Å²) >= 11 is 0. The number of guanidine groups is 1. The number of rotatable bonds is 7. The number of aromatic nitrogens is 2. The van der Waals surface area contributed by atoms with Gasteiger partial charge in [0.2, 0.25) is 0 Å². The van der Waals surface area contributed by atoms with Gasteiger partial charge in [0.1, 0.15) is 0 Å². The van der Waals surface area contributed by atoms with Gasteiger partial charge in [-0.3, -0.25) is 9.67 Å². The number of hydrogen-bond donors (Lipinski definition) is 2. The summed E-state index contributed by atoms with van der Waals surface area (Å²) in [6.07, 6.45) is 3.68. The second kappa shape index (κ2) is 10.7. The van der Waals surface area contributed by atoms with Gasteiger partial charge in [0.15, 0.2) is 17.5 Å². The van der Waals surface area contributed by atoms with Crippen molar-refractivity contribution >= 4 is 35.6 Å². The Kier molecular flexibility index (Phi) is 8.98. The molecule has 0 saturated carbocycles. The minimum atomic E-state index is 0. The molecule has 0 atom stereocenters. The van der Waals surface area contributed by atoms with Crippen LogP contribution < -0.4 is 20.1 Å². The molecule has 8 heteroatoms. The molecule has 1 heterocycles. The first kappa shape index (κ1) is 20.1. The Balaban J connectivity index is 0.00000288. The fourth-order valence-electron chi connectivity index (χ4n) is 2.05. The molecule has 0 saturated heterocycles. The first-order chi connectivity index (χ1) is 11.3. The smallest absolute Gasteiger partial charge is 0.195 e. The Bertz CT molecular complexity index is 631. The van der Waals surface area contributed by atoms with Crippen molar-refractivity contribution in [3.63, 3.8) is 0 Å². The van der Waals surface area contributed by atoms with Crippen molar-refractivity contribution < 1.29 is 9.47 Å². The molecule has 1 aromatic heterocycles. The topological polar surface area (TPSA) is 72.7 Å². The van der Waals surface area contributed by atoms with E-state index in [1.807, 2.05) is 42.1 Å². The van der Waals surface area contributed by atoms with Crippen molar-refractivity contribution in [3.8, 4) is 11.5 Å². The molecule has 2 rings (SSSR count). The fourth-order valence-corrected chi connectivity index (χ4v) is 2.05. The van der Waals surface area contributed by atoms with Crippen molar-refractivity contribution in [1.29, 1.82) is 0 Å². The normalized spacial score (nSPS) is 10.7. The van der Waals surface area contributed by atoms with Crippen LogP contribution in [0.1, 0.15) is 6.92 Å². The Morgan fingerprint density at radius 1 is 1.25 bits per heavy atom. The van der Waals surface area contributed by atoms with E-state index in [9.17, 15) is 0 Å². The predicted octanol–water partition coefficient (Wildman–Crippen LogP) is 2.60. The lowest BCUT2D eigenvalue weighted by Crippen LogP contribution is -2.31. The number of nitrogens with zero attached hydrogens (tertiary/aromatic N) is 3. The van der Waals surface area contributed by atoms with E-state index in [0.717, 1.165) is 18.8 Å². The third-order valence-electron chi connectivity index (χ3n) is 3.15. The molecule has 132 valence electrons. The van der Waals surface area contributed by atoms with Crippen molar-refractivity contribution in [3.05, 3.63) is 36.7 Å². The molecule has 2 N–H and O–H groups in total. The third-order valence-corrected chi connectivity index (χ3v) is 3.15. The summed E-state index contributed by atoms with van der Waals surface area (Å²) in [5.74, 6) is 2.08. The molecule has 0 spiro atoms. The van der Waals surface area contributed by atoms with E-state index >= 15 is 0 Å². The van der Waals surface area contributed by atoms with E-state index in [1.54, 1.807) is 20.4 Å². The van der Waals surface area contributed by atoms with Gasteiger partial charge < -0.3 is 20.1 Å². The molecule has 0 aliphatic heterocycles. The Labute approximate surface area is 159 Å². The first-order valence-electron chi connectivity index (χ1n) is 7.51. The zero-order valence-corrected chi connectivity index (χ0v) is 16.5. The molecule has 0 bridgehead atoms. The summed E-state index contributed by atoms with van der Waals surface area (Å²) in [6.45, 7) is 4.17. The van der Waals surface area contributed by atoms with E-state index in [0.29, 0.717) is 24.0 Å². The van der Waals surface area contributed by atoms with Crippen LogP contribution in [0.5, 0.6) is 11.5 Å². The number of ether oxygens (including phenoxy) is 2. The molecule has 0 radical (unpaired) electrons. The average molecular weight is 445 g/mol.